The smallest absolute Gasteiger partial charge is 0.422 e. The lowest BCUT2D eigenvalue weighted by molar-refractivity contribution is -0.124. The third kappa shape index (κ3) is 2.80. The van der Waals surface area contributed by atoms with Crippen LogP contribution in [0.1, 0.15) is 51.2 Å². The molecule has 4 rings (SSSR count). The van der Waals surface area contributed by atoms with Crippen LogP contribution in [0, 0.1) is 5.92 Å². The van der Waals surface area contributed by atoms with Gasteiger partial charge in [0.15, 0.2) is 5.78 Å². The van der Waals surface area contributed by atoms with Gasteiger partial charge in [-0.15, -0.1) is 0 Å². The Bertz CT molecular complexity index is 1060. The van der Waals surface area contributed by atoms with Gasteiger partial charge >= 0.3 is 6.09 Å². The van der Waals surface area contributed by atoms with Crippen molar-refractivity contribution in [2.45, 2.75) is 45.6 Å². The Labute approximate surface area is 168 Å². The van der Waals surface area contributed by atoms with Gasteiger partial charge in [-0.05, 0) is 45.7 Å². The SMILES string of the molecule is CC1=C(C(N)=O)[C@H]2C(=O)[C@H](C=C3C(=O)N(C(=O)OC(C)(C)C)c4cccc2c43)C1. The molecule has 7 nitrogen and oxygen atoms in total. The first-order valence-electron chi connectivity index (χ1n) is 9.47. The highest BCUT2D eigenvalue weighted by atomic mass is 16.6. The van der Waals surface area contributed by atoms with Gasteiger partial charge in [-0.3, -0.25) is 14.4 Å². The number of primary amides is 1. The van der Waals surface area contributed by atoms with Crippen molar-refractivity contribution in [2.24, 2.45) is 11.7 Å². The van der Waals surface area contributed by atoms with Crippen molar-refractivity contribution < 1.29 is 23.9 Å². The number of hydrogen-bond acceptors (Lipinski definition) is 5. The number of carbonyl (C=O) groups is 4. The molecule has 0 spiro atoms. The van der Waals surface area contributed by atoms with Gasteiger partial charge in [0.2, 0.25) is 5.91 Å². The van der Waals surface area contributed by atoms with E-state index in [-0.39, 0.29) is 11.4 Å². The van der Waals surface area contributed by atoms with Crippen LogP contribution in [0.4, 0.5) is 10.5 Å². The maximum absolute atomic E-state index is 13.2. The van der Waals surface area contributed by atoms with E-state index in [9.17, 15) is 19.2 Å². The molecule has 3 amide bonds. The number of anilines is 1. The lowest BCUT2D eigenvalue weighted by Gasteiger charge is -2.29. The van der Waals surface area contributed by atoms with E-state index in [0.29, 0.717) is 28.8 Å². The van der Waals surface area contributed by atoms with Crippen LogP contribution in [0.3, 0.4) is 0 Å². The number of Topliss-reactive ketones (excluding diaryl/α,β-unsaturated/α-hetero) is 1. The first-order valence-corrected chi connectivity index (χ1v) is 9.47. The summed E-state index contributed by atoms with van der Waals surface area (Å²) in [5, 5.41) is 0. The molecular formula is C22H22N2O5. The van der Waals surface area contributed by atoms with E-state index in [0.717, 1.165) is 10.5 Å². The van der Waals surface area contributed by atoms with Crippen molar-refractivity contribution in [3.8, 4) is 0 Å². The highest BCUT2D eigenvalue weighted by molar-refractivity contribution is 6.40. The van der Waals surface area contributed by atoms with E-state index in [2.05, 4.69) is 0 Å². The maximum Gasteiger partial charge on any atom is 0.422 e. The predicted octanol–water partition coefficient (Wildman–Crippen LogP) is 2.84. The minimum atomic E-state index is -0.846. The second-order valence-electron chi connectivity index (χ2n) is 8.65. The van der Waals surface area contributed by atoms with Gasteiger partial charge in [-0.2, -0.15) is 0 Å². The van der Waals surface area contributed by atoms with Crippen molar-refractivity contribution in [2.75, 3.05) is 4.90 Å². The predicted molar refractivity (Wildman–Crippen MR) is 106 cm³/mol. The number of fused-ring (bicyclic) bond motifs is 3. The molecular weight excluding hydrogens is 372 g/mol. The van der Waals surface area contributed by atoms with Gasteiger partial charge in [-0.25, -0.2) is 9.69 Å². The van der Waals surface area contributed by atoms with E-state index in [4.69, 9.17) is 10.5 Å². The van der Waals surface area contributed by atoms with E-state index in [1.54, 1.807) is 52.0 Å². The van der Waals surface area contributed by atoms with E-state index >= 15 is 0 Å². The first kappa shape index (κ1) is 19.1. The van der Waals surface area contributed by atoms with E-state index in [1.807, 2.05) is 0 Å². The molecule has 2 aliphatic carbocycles. The van der Waals surface area contributed by atoms with Crippen molar-refractivity contribution in [3.05, 3.63) is 46.5 Å². The first-order chi connectivity index (χ1) is 13.5. The average Bonchev–Trinajstić information content (AvgIpc) is 2.83. The molecule has 0 radical (unpaired) electrons. The van der Waals surface area contributed by atoms with Gasteiger partial charge in [0, 0.05) is 22.6 Å². The standard InChI is InChI=1S/C22H22N2O5/c1-10-8-11-9-13-16-12(17(18(11)25)15(10)19(23)26)6-5-7-14(16)24(20(13)27)21(28)29-22(2,3)4/h5-7,9,11,17H,8H2,1-4H3,(H2,23,26)/t11-,17-/m0/s1. The number of amides is 3. The van der Waals surface area contributed by atoms with Gasteiger partial charge in [0.05, 0.1) is 11.6 Å². The molecule has 1 aromatic carbocycles. The molecule has 0 unspecified atom stereocenters. The van der Waals surface area contributed by atoms with Crippen LogP contribution in [0.2, 0.25) is 0 Å². The van der Waals surface area contributed by atoms with Crippen LogP contribution in [0.25, 0.3) is 5.57 Å². The molecule has 2 bridgehead atoms. The molecule has 7 heteroatoms. The summed E-state index contributed by atoms with van der Waals surface area (Å²) in [5.74, 6) is -2.73. The average molecular weight is 394 g/mol. The summed E-state index contributed by atoms with van der Waals surface area (Å²) >= 11 is 0. The molecule has 0 aromatic heterocycles. The summed E-state index contributed by atoms with van der Waals surface area (Å²) in [5.41, 5.74) is 7.52. The minimum Gasteiger partial charge on any atom is -0.443 e. The number of carbonyl (C=O) groups excluding carboxylic acids is 4. The van der Waals surface area contributed by atoms with Gasteiger partial charge in [0.1, 0.15) is 5.60 Å². The number of nitrogens with two attached hydrogens (primary N) is 1. The third-order valence-corrected chi connectivity index (χ3v) is 5.46. The van der Waals surface area contributed by atoms with Crippen LogP contribution in [-0.2, 0) is 19.1 Å². The topological polar surface area (TPSA) is 107 Å². The quantitative estimate of drug-likeness (QED) is 0.788. The van der Waals surface area contributed by atoms with Gasteiger partial charge < -0.3 is 10.5 Å². The zero-order valence-electron chi connectivity index (χ0n) is 16.7. The Morgan fingerprint density at radius 2 is 1.90 bits per heavy atom. The molecule has 1 heterocycles. The second kappa shape index (κ2) is 6.14. The zero-order valence-corrected chi connectivity index (χ0v) is 16.7. The number of hydrogen-bond donors (Lipinski definition) is 1. The molecule has 0 saturated carbocycles. The molecule has 2 atom stereocenters. The Kier molecular flexibility index (Phi) is 4.05. The van der Waals surface area contributed by atoms with Crippen LogP contribution in [0.15, 0.2) is 35.4 Å². The fourth-order valence-corrected chi connectivity index (χ4v) is 4.40. The largest absolute Gasteiger partial charge is 0.443 e. The fraction of sp³-hybridized carbons (Fsp3) is 0.364. The summed E-state index contributed by atoms with van der Waals surface area (Å²) in [6.07, 6.45) is 1.17. The number of benzene rings is 1. The normalized spacial score (nSPS) is 22.9. The molecule has 2 N–H and O–H groups in total. The molecule has 0 saturated heterocycles. The van der Waals surface area contributed by atoms with Crippen molar-refractivity contribution >= 4 is 35.0 Å². The number of allylic oxidation sites excluding steroid dienone is 2. The summed E-state index contributed by atoms with van der Waals surface area (Å²) in [6.45, 7) is 6.95. The monoisotopic (exact) mass is 394 g/mol. The summed E-state index contributed by atoms with van der Waals surface area (Å²) < 4.78 is 5.41. The highest BCUT2D eigenvalue weighted by Crippen LogP contribution is 2.50. The third-order valence-electron chi connectivity index (χ3n) is 5.46. The fourth-order valence-electron chi connectivity index (χ4n) is 4.40. The summed E-state index contributed by atoms with van der Waals surface area (Å²) in [7, 11) is 0. The molecule has 29 heavy (non-hydrogen) atoms. The number of nitrogens with zero attached hydrogens (tertiary/aromatic N) is 1. The minimum absolute atomic E-state index is 0.156. The van der Waals surface area contributed by atoms with Crippen molar-refractivity contribution in [1.82, 2.24) is 0 Å². The number of rotatable bonds is 1. The Hall–Kier alpha value is -3.22. The summed E-state index contributed by atoms with van der Waals surface area (Å²) in [6, 6.07) is 5.02. The Balaban J connectivity index is 1.94. The number of imide groups is 1. The van der Waals surface area contributed by atoms with Crippen LogP contribution in [0.5, 0.6) is 0 Å². The second-order valence-corrected chi connectivity index (χ2v) is 8.65. The zero-order chi connectivity index (χ0) is 21.2. The molecule has 0 fully saturated rings. The molecule has 150 valence electrons. The van der Waals surface area contributed by atoms with Crippen LogP contribution in [-0.4, -0.2) is 29.3 Å². The highest BCUT2D eigenvalue weighted by Gasteiger charge is 2.48. The van der Waals surface area contributed by atoms with E-state index in [1.165, 1.54) is 0 Å². The molecule has 1 aliphatic heterocycles. The molecule has 3 aliphatic rings. The lowest BCUT2D eigenvalue weighted by Crippen LogP contribution is -2.39. The Morgan fingerprint density at radius 3 is 2.52 bits per heavy atom. The van der Waals surface area contributed by atoms with E-state index < -0.39 is 35.3 Å². The van der Waals surface area contributed by atoms with Crippen molar-refractivity contribution in [3.63, 3.8) is 0 Å². The van der Waals surface area contributed by atoms with Crippen LogP contribution >= 0.6 is 0 Å². The van der Waals surface area contributed by atoms with Crippen molar-refractivity contribution in [1.29, 1.82) is 0 Å². The Morgan fingerprint density at radius 1 is 1.21 bits per heavy atom. The van der Waals surface area contributed by atoms with Gasteiger partial charge in [-0.1, -0.05) is 23.8 Å². The summed E-state index contributed by atoms with van der Waals surface area (Å²) in [4.78, 5) is 52.2. The number of ether oxygens (including phenoxy) is 1. The van der Waals surface area contributed by atoms with Gasteiger partial charge in [0.25, 0.3) is 5.91 Å². The number of ketones is 1. The maximum atomic E-state index is 13.2. The molecule has 1 aromatic rings. The van der Waals surface area contributed by atoms with Crippen LogP contribution < -0.4 is 10.6 Å². The lowest BCUT2D eigenvalue weighted by atomic mass is 9.73.